The molecule has 15 nitrogen and oxygen atoms in total. The minimum atomic E-state index is -4.84. The Bertz CT molecular complexity index is 1030. The SMILES string of the molecule is N#C[C@@]1(c2ccc3c(N)ncnn23)O[C@H](COC(=O)OCOP(=O)(O)O)[C@@H](O)[C@H]1O. The molecule has 2 aromatic heterocycles. The van der Waals surface area contributed by atoms with Crippen LogP contribution in [0.15, 0.2) is 18.5 Å². The number of fused-ring (bicyclic) bond motifs is 1. The van der Waals surface area contributed by atoms with E-state index in [4.69, 9.17) is 20.3 Å². The number of hydrogen-bond acceptors (Lipinski definition) is 12. The fraction of sp³-hybridized carbons (Fsp3) is 0.429. The Morgan fingerprint density at radius 2 is 2.13 bits per heavy atom. The second-order valence-corrected chi connectivity index (χ2v) is 7.28. The standard InChI is InChI=1S/C14H16N5O10P/c15-4-14(9-2-1-7-12(16)17-5-18-19(7)9)11(21)10(20)8(29-14)3-26-13(22)27-6-28-30(23,24)25/h1-2,5,8,10-11,20-21H,3,6H2,(H2,16,17,18)(H2,23,24,25)/t8-,10-,11-,14+/m1/s1. The van der Waals surface area contributed by atoms with Crippen LogP contribution in [0.5, 0.6) is 0 Å². The van der Waals surface area contributed by atoms with Crippen molar-refractivity contribution in [1.82, 2.24) is 14.6 Å². The quantitative estimate of drug-likeness (QED) is 0.191. The third-order valence-electron chi connectivity index (χ3n) is 4.25. The molecule has 6 N–H and O–H groups in total. The van der Waals surface area contributed by atoms with Crippen molar-refractivity contribution < 1.29 is 48.1 Å². The second-order valence-electron chi connectivity index (χ2n) is 6.04. The number of nitrogens with two attached hydrogens (primary N) is 1. The summed E-state index contributed by atoms with van der Waals surface area (Å²) in [4.78, 5) is 32.3. The van der Waals surface area contributed by atoms with Crippen LogP contribution in [0.2, 0.25) is 0 Å². The van der Waals surface area contributed by atoms with Crippen molar-refractivity contribution in [1.29, 1.82) is 5.26 Å². The molecule has 3 rings (SSSR count). The molecule has 16 heteroatoms. The van der Waals surface area contributed by atoms with E-state index in [1.165, 1.54) is 16.6 Å². The van der Waals surface area contributed by atoms with Gasteiger partial charge in [-0.1, -0.05) is 0 Å². The molecule has 0 spiro atoms. The van der Waals surface area contributed by atoms with E-state index in [0.29, 0.717) is 5.52 Å². The van der Waals surface area contributed by atoms with Crippen LogP contribution in [0.25, 0.3) is 5.52 Å². The topological polar surface area (TPSA) is 232 Å². The van der Waals surface area contributed by atoms with Gasteiger partial charge in [-0.25, -0.2) is 23.4 Å². The number of nitrogens with zero attached hydrogens (tertiary/aromatic N) is 4. The molecular weight excluding hydrogens is 429 g/mol. The van der Waals surface area contributed by atoms with Gasteiger partial charge in [-0.3, -0.25) is 0 Å². The van der Waals surface area contributed by atoms with E-state index in [9.17, 15) is 24.8 Å². The summed E-state index contributed by atoms with van der Waals surface area (Å²) < 4.78 is 30.1. The Balaban J connectivity index is 1.73. The first-order valence-electron chi connectivity index (χ1n) is 8.12. The van der Waals surface area contributed by atoms with Gasteiger partial charge in [0.2, 0.25) is 12.4 Å². The molecule has 30 heavy (non-hydrogen) atoms. The van der Waals surface area contributed by atoms with Gasteiger partial charge in [0.1, 0.15) is 42.8 Å². The number of nitriles is 1. The summed E-state index contributed by atoms with van der Waals surface area (Å²) in [6, 6.07) is 4.72. The van der Waals surface area contributed by atoms with Gasteiger partial charge in [-0.15, -0.1) is 0 Å². The van der Waals surface area contributed by atoms with Crippen molar-refractivity contribution in [3.63, 3.8) is 0 Å². The highest BCUT2D eigenvalue weighted by atomic mass is 31.2. The third-order valence-corrected chi connectivity index (χ3v) is 4.69. The number of carbonyl (C=O) groups is 1. The number of anilines is 1. The molecule has 1 aliphatic rings. The Hall–Kier alpha value is -2.83. The Morgan fingerprint density at radius 1 is 1.40 bits per heavy atom. The molecule has 0 unspecified atom stereocenters. The lowest BCUT2D eigenvalue weighted by atomic mass is 9.92. The van der Waals surface area contributed by atoms with Crippen LogP contribution in [0.4, 0.5) is 10.6 Å². The van der Waals surface area contributed by atoms with Crippen molar-refractivity contribution in [2.45, 2.75) is 23.9 Å². The highest BCUT2D eigenvalue weighted by Crippen LogP contribution is 2.40. The number of nitrogen functional groups attached to an aromatic ring is 1. The van der Waals surface area contributed by atoms with Gasteiger partial charge in [-0.2, -0.15) is 10.4 Å². The second kappa shape index (κ2) is 8.13. The lowest BCUT2D eigenvalue weighted by Crippen LogP contribution is -2.41. The average Bonchev–Trinajstić information content (AvgIpc) is 3.21. The van der Waals surface area contributed by atoms with E-state index in [2.05, 4.69) is 24.1 Å². The van der Waals surface area contributed by atoms with Crippen LogP contribution in [0.1, 0.15) is 5.69 Å². The molecule has 0 aromatic carbocycles. The van der Waals surface area contributed by atoms with Crippen LogP contribution in [0, 0.1) is 11.3 Å². The number of phosphoric acid groups is 1. The molecule has 162 valence electrons. The minimum Gasteiger partial charge on any atom is -0.431 e. The molecule has 1 aliphatic heterocycles. The van der Waals surface area contributed by atoms with Gasteiger partial charge >= 0.3 is 14.0 Å². The van der Waals surface area contributed by atoms with Gasteiger partial charge in [0.05, 0.1) is 5.69 Å². The molecule has 1 saturated heterocycles. The minimum absolute atomic E-state index is 0.0563. The first kappa shape index (κ1) is 21.9. The van der Waals surface area contributed by atoms with E-state index < -0.39 is 51.3 Å². The summed E-state index contributed by atoms with van der Waals surface area (Å²) in [5.41, 5.74) is 4.07. The molecule has 0 amide bonds. The maximum Gasteiger partial charge on any atom is 0.510 e. The smallest absolute Gasteiger partial charge is 0.431 e. The van der Waals surface area contributed by atoms with Crippen LogP contribution >= 0.6 is 7.82 Å². The number of aliphatic hydroxyl groups excluding tert-OH is 2. The van der Waals surface area contributed by atoms with Crippen LogP contribution in [0.3, 0.4) is 0 Å². The van der Waals surface area contributed by atoms with Gasteiger partial charge in [0.15, 0.2) is 5.82 Å². The maximum absolute atomic E-state index is 11.5. The Morgan fingerprint density at radius 3 is 2.80 bits per heavy atom. The number of aromatic nitrogens is 3. The molecule has 0 saturated carbocycles. The van der Waals surface area contributed by atoms with E-state index in [-0.39, 0.29) is 11.5 Å². The highest BCUT2D eigenvalue weighted by Gasteiger charge is 2.57. The van der Waals surface area contributed by atoms with Crippen LogP contribution in [-0.2, 0) is 28.9 Å². The van der Waals surface area contributed by atoms with Gasteiger partial charge < -0.3 is 39.9 Å². The average molecular weight is 445 g/mol. The van der Waals surface area contributed by atoms with Crippen molar-refractivity contribution in [2.75, 3.05) is 19.1 Å². The zero-order chi connectivity index (χ0) is 22.1. The zero-order valence-corrected chi connectivity index (χ0v) is 15.8. The number of hydrogen-bond donors (Lipinski definition) is 5. The summed E-state index contributed by atoms with van der Waals surface area (Å²) >= 11 is 0. The first-order chi connectivity index (χ1) is 14.1. The zero-order valence-electron chi connectivity index (χ0n) is 14.9. The highest BCUT2D eigenvalue weighted by molar-refractivity contribution is 7.46. The van der Waals surface area contributed by atoms with Crippen molar-refractivity contribution in [3.8, 4) is 6.07 Å². The van der Waals surface area contributed by atoms with Crippen molar-refractivity contribution in [2.24, 2.45) is 0 Å². The Labute approximate surface area is 167 Å². The molecule has 4 atom stereocenters. The van der Waals surface area contributed by atoms with Crippen molar-refractivity contribution >= 4 is 25.3 Å². The predicted molar refractivity (Wildman–Crippen MR) is 92.0 cm³/mol. The van der Waals surface area contributed by atoms with E-state index in [0.717, 1.165) is 6.33 Å². The molecule has 0 radical (unpaired) electrons. The van der Waals surface area contributed by atoms with Gasteiger partial charge in [-0.05, 0) is 12.1 Å². The molecule has 0 bridgehead atoms. The summed E-state index contributed by atoms with van der Waals surface area (Å²) in [7, 11) is -4.84. The summed E-state index contributed by atoms with van der Waals surface area (Å²) in [5, 5.41) is 34.5. The van der Waals surface area contributed by atoms with Crippen LogP contribution < -0.4 is 5.73 Å². The fourth-order valence-corrected chi connectivity index (χ4v) is 3.08. The number of phosphoric ester groups is 1. The number of aliphatic hydroxyl groups is 2. The maximum atomic E-state index is 11.5. The largest absolute Gasteiger partial charge is 0.510 e. The van der Waals surface area contributed by atoms with Gasteiger partial charge in [0, 0.05) is 0 Å². The molecule has 3 heterocycles. The molecular formula is C14H16N5O10P. The Kier molecular flexibility index (Phi) is 5.92. The van der Waals surface area contributed by atoms with Crippen molar-refractivity contribution in [3.05, 3.63) is 24.2 Å². The third kappa shape index (κ3) is 4.06. The fourth-order valence-electron chi connectivity index (χ4n) is 2.89. The van der Waals surface area contributed by atoms with E-state index >= 15 is 0 Å². The molecule has 0 aliphatic carbocycles. The molecule has 1 fully saturated rings. The summed E-state index contributed by atoms with van der Waals surface area (Å²) in [6.45, 7) is -1.74. The first-order valence-corrected chi connectivity index (χ1v) is 9.65. The monoisotopic (exact) mass is 445 g/mol. The molecule has 2 aromatic rings. The van der Waals surface area contributed by atoms with Crippen LogP contribution in [-0.4, -0.2) is 72.5 Å². The van der Waals surface area contributed by atoms with Gasteiger partial charge in [0.25, 0.3) is 0 Å². The number of rotatable bonds is 6. The van der Waals surface area contributed by atoms with E-state index in [1.54, 1.807) is 0 Å². The number of carbonyl (C=O) groups excluding carboxylic acids is 1. The normalized spacial score (nSPS) is 26.4. The lowest BCUT2D eigenvalue weighted by molar-refractivity contribution is -0.0769. The summed E-state index contributed by atoms with van der Waals surface area (Å²) in [5.74, 6) is 0.109. The number of ether oxygens (including phenoxy) is 3. The van der Waals surface area contributed by atoms with E-state index in [1.807, 2.05) is 6.07 Å². The predicted octanol–water partition coefficient (Wildman–Crippen LogP) is -1.63. The lowest BCUT2D eigenvalue weighted by Gasteiger charge is -2.24. The summed E-state index contributed by atoms with van der Waals surface area (Å²) in [6.07, 6.45) is -5.00.